The highest BCUT2D eigenvalue weighted by atomic mass is 35.5. The maximum absolute atomic E-state index is 6.20. The van der Waals surface area contributed by atoms with Crippen molar-refractivity contribution in [2.75, 3.05) is 25.0 Å². The Bertz CT molecular complexity index is 628. The summed E-state index contributed by atoms with van der Waals surface area (Å²) in [5.41, 5.74) is 1.23. The van der Waals surface area contributed by atoms with Gasteiger partial charge in [-0.25, -0.2) is 9.97 Å². The van der Waals surface area contributed by atoms with Gasteiger partial charge in [-0.3, -0.25) is 9.88 Å². The summed E-state index contributed by atoms with van der Waals surface area (Å²) in [6, 6.07) is 4.41. The molecule has 1 N–H and O–H groups in total. The molecule has 1 aliphatic rings. The summed E-state index contributed by atoms with van der Waals surface area (Å²) < 4.78 is 0. The van der Waals surface area contributed by atoms with Crippen LogP contribution in [0.2, 0.25) is 5.02 Å². The van der Waals surface area contributed by atoms with Crippen molar-refractivity contribution >= 4 is 17.4 Å². The predicted octanol–water partition coefficient (Wildman–Crippen LogP) is 3.47. The third-order valence-electron chi connectivity index (χ3n) is 4.23. The van der Waals surface area contributed by atoms with Gasteiger partial charge in [0.25, 0.3) is 0 Å². The van der Waals surface area contributed by atoms with Crippen molar-refractivity contribution in [2.45, 2.75) is 32.2 Å². The summed E-state index contributed by atoms with van der Waals surface area (Å²) >= 11 is 6.20. The number of nitrogens with zero attached hydrogens (tertiary/aromatic N) is 4. The van der Waals surface area contributed by atoms with E-state index in [1.165, 1.54) is 24.8 Å². The Hall–Kier alpha value is -1.72. The first kappa shape index (κ1) is 16.1. The maximum Gasteiger partial charge on any atom is 0.148 e. The van der Waals surface area contributed by atoms with E-state index in [-0.39, 0.29) is 6.04 Å². The Labute approximate surface area is 142 Å². The Balaban J connectivity index is 1.77. The van der Waals surface area contributed by atoms with E-state index < -0.39 is 0 Å². The van der Waals surface area contributed by atoms with E-state index in [0.29, 0.717) is 16.7 Å². The average molecular weight is 332 g/mol. The average Bonchev–Trinajstić information content (AvgIpc) is 2.60. The molecule has 0 saturated carbocycles. The fourth-order valence-electron chi connectivity index (χ4n) is 3.03. The molecule has 0 bridgehead atoms. The summed E-state index contributed by atoms with van der Waals surface area (Å²) in [5, 5.41) is 3.95. The van der Waals surface area contributed by atoms with Crippen LogP contribution in [-0.4, -0.2) is 39.5 Å². The van der Waals surface area contributed by atoms with Gasteiger partial charge in [-0.15, -0.1) is 0 Å². The highest BCUT2D eigenvalue weighted by molar-refractivity contribution is 6.32. The van der Waals surface area contributed by atoms with E-state index in [9.17, 15) is 0 Å². The van der Waals surface area contributed by atoms with E-state index >= 15 is 0 Å². The lowest BCUT2D eigenvalue weighted by Gasteiger charge is -2.35. The lowest BCUT2D eigenvalue weighted by Crippen LogP contribution is -2.37. The molecule has 0 amide bonds. The molecule has 1 atom stereocenters. The molecule has 2 aromatic heterocycles. The van der Waals surface area contributed by atoms with Gasteiger partial charge >= 0.3 is 0 Å². The van der Waals surface area contributed by atoms with Gasteiger partial charge < -0.3 is 5.32 Å². The van der Waals surface area contributed by atoms with E-state index in [1.54, 1.807) is 6.20 Å². The van der Waals surface area contributed by atoms with E-state index in [0.717, 1.165) is 19.6 Å². The van der Waals surface area contributed by atoms with Crippen molar-refractivity contribution < 1.29 is 0 Å². The molecule has 1 unspecified atom stereocenters. The SMILES string of the molecule is Cc1ncc(Cl)c(NCC(c2cccnc2)N2CCCCC2)n1. The molecule has 0 aromatic carbocycles. The van der Waals surface area contributed by atoms with E-state index in [2.05, 4.69) is 31.2 Å². The van der Waals surface area contributed by atoms with Crippen LogP contribution in [0.4, 0.5) is 5.82 Å². The minimum atomic E-state index is 0.273. The molecule has 0 aliphatic carbocycles. The molecule has 1 fully saturated rings. The first-order chi connectivity index (χ1) is 11.2. The molecule has 23 heavy (non-hydrogen) atoms. The molecule has 122 valence electrons. The molecular weight excluding hydrogens is 310 g/mol. The van der Waals surface area contributed by atoms with Gasteiger partial charge in [0.1, 0.15) is 16.7 Å². The summed E-state index contributed by atoms with van der Waals surface area (Å²) in [6.07, 6.45) is 9.24. The zero-order valence-corrected chi connectivity index (χ0v) is 14.1. The fourth-order valence-corrected chi connectivity index (χ4v) is 3.19. The minimum absolute atomic E-state index is 0.273. The van der Waals surface area contributed by atoms with Crippen LogP contribution in [0.15, 0.2) is 30.7 Å². The van der Waals surface area contributed by atoms with Gasteiger partial charge in [0.15, 0.2) is 0 Å². The second kappa shape index (κ2) is 7.70. The Morgan fingerprint density at radius 3 is 2.83 bits per heavy atom. The largest absolute Gasteiger partial charge is 0.367 e. The van der Waals surface area contributed by atoms with Gasteiger partial charge in [-0.1, -0.05) is 24.1 Å². The Morgan fingerprint density at radius 1 is 1.26 bits per heavy atom. The lowest BCUT2D eigenvalue weighted by atomic mass is 10.0. The van der Waals surface area contributed by atoms with Crippen LogP contribution in [0.3, 0.4) is 0 Å². The number of aryl methyl sites for hydroxylation is 1. The molecule has 2 aromatic rings. The van der Waals surface area contributed by atoms with E-state index in [1.807, 2.05) is 25.4 Å². The van der Waals surface area contributed by atoms with Crippen LogP contribution >= 0.6 is 11.6 Å². The standard InChI is InChI=1S/C17H22ClN5/c1-13-20-11-15(18)17(22-13)21-12-16(14-6-5-7-19-10-14)23-8-3-2-4-9-23/h5-7,10-11,16H,2-4,8-9,12H2,1H3,(H,20,21,22). The van der Waals surface area contributed by atoms with Crippen molar-refractivity contribution in [3.63, 3.8) is 0 Å². The third-order valence-corrected chi connectivity index (χ3v) is 4.50. The molecule has 5 nitrogen and oxygen atoms in total. The van der Waals surface area contributed by atoms with Gasteiger partial charge in [0.05, 0.1) is 12.2 Å². The number of nitrogens with one attached hydrogen (secondary N) is 1. The maximum atomic E-state index is 6.20. The quantitative estimate of drug-likeness (QED) is 0.909. The molecule has 3 heterocycles. The summed E-state index contributed by atoms with van der Waals surface area (Å²) in [4.78, 5) is 15.3. The van der Waals surface area contributed by atoms with Crippen LogP contribution in [-0.2, 0) is 0 Å². The smallest absolute Gasteiger partial charge is 0.148 e. The van der Waals surface area contributed by atoms with Gasteiger partial charge in [-0.05, 0) is 44.5 Å². The first-order valence-corrected chi connectivity index (χ1v) is 8.49. The second-order valence-electron chi connectivity index (χ2n) is 5.89. The molecule has 1 saturated heterocycles. The lowest BCUT2D eigenvalue weighted by molar-refractivity contribution is 0.170. The molecular formula is C17H22ClN5. The highest BCUT2D eigenvalue weighted by Gasteiger charge is 2.22. The summed E-state index contributed by atoms with van der Waals surface area (Å²) in [5.74, 6) is 1.41. The normalized spacial score (nSPS) is 17.0. The van der Waals surface area contributed by atoms with Crippen molar-refractivity contribution in [2.24, 2.45) is 0 Å². The number of halogens is 1. The van der Waals surface area contributed by atoms with Crippen molar-refractivity contribution in [1.82, 2.24) is 19.9 Å². The summed E-state index contributed by atoms with van der Waals surface area (Å²) in [6.45, 7) is 4.86. The molecule has 6 heteroatoms. The number of pyridine rings is 1. The van der Waals surface area contributed by atoms with Crippen LogP contribution < -0.4 is 5.32 Å². The first-order valence-electron chi connectivity index (χ1n) is 8.11. The number of likely N-dealkylation sites (tertiary alicyclic amines) is 1. The number of piperidine rings is 1. The molecule has 3 rings (SSSR count). The Kier molecular flexibility index (Phi) is 5.41. The fraction of sp³-hybridized carbons (Fsp3) is 0.471. The van der Waals surface area contributed by atoms with E-state index in [4.69, 9.17) is 11.6 Å². The highest BCUT2D eigenvalue weighted by Crippen LogP contribution is 2.26. The number of anilines is 1. The topological polar surface area (TPSA) is 53.9 Å². The Morgan fingerprint density at radius 2 is 2.09 bits per heavy atom. The number of hydrogen-bond donors (Lipinski definition) is 1. The van der Waals surface area contributed by atoms with Crippen molar-refractivity contribution in [3.8, 4) is 0 Å². The summed E-state index contributed by atoms with van der Waals surface area (Å²) in [7, 11) is 0. The zero-order valence-electron chi connectivity index (χ0n) is 13.4. The second-order valence-corrected chi connectivity index (χ2v) is 6.30. The van der Waals surface area contributed by atoms with Gasteiger partial charge in [-0.2, -0.15) is 0 Å². The van der Waals surface area contributed by atoms with Gasteiger partial charge in [0.2, 0.25) is 0 Å². The zero-order chi connectivity index (χ0) is 16.1. The number of aromatic nitrogens is 3. The van der Waals surface area contributed by atoms with Gasteiger partial charge in [0, 0.05) is 18.9 Å². The van der Waals surface area contributed by atoms with Crippen LogP contribution in [0.5, 0.6) is 0 Å². The molecule has 1 aliphatic heterocycles. The monoisotopic (exact) mass is 331 g/mol. The number of rotatable bonds is 5. The van der Waals surface area contributed by atoms with Crippen LogP contribution in [0, 0.1) is 6.92 Å². The third kappa shape index (κ3) is 4.18. The number of hydrogen-bond acceptors (Lipinski definition) is 5. The van der Waals surface area contributed by atoms with Crippen molar-refractivity contribution in [1.29, 1.82) is 0 Å². The minimum Gasteiger partial charge on any atom is -0.367 e. The molecule has 0 spiro atoms. The van der Waals surface area contributed by atoms with Crippen LogP contribution in [0.1, 0.15) is 36.7 Å². The van der Waals surface area contributed by atoms with Crippen LogP contribution in [0.25, 0.3) is 0 Å². The van der Waals surface area contributed by atoms with Crippen molar-refractivity contribution in [3.05, 3.63) is 47.1 Å². The predicted molar refractivity (Wildman–Crippen MR) is 92.7 cm³/mol. The molecule has 0 radical (unpaired) electrons.